The second kappa shape index (κ2) is 22.8. The van der Waals surface area contributed by atoms with E-state index in [-0.39, 0.29) is 76.7 Å². The van der Waals surface area contributed by atoms with Gasteiger partial charge in [0.2, 0.25) is 0 Å². The van der Waals surface area contributed by atoms with E-state index < -0.39 is 5.97 Å². The minimum absolute atomic E-state index is 0. The van der Waals surface area contributed by atoms with Crippen molar-refractivity contribution in [2.24, 2.45) is 4.99 Å². The Bertz CT molecular complexity index is 464. The number of carboxylic acid groups (broad SMARTS) is 1. The van der Waals surface area contributed by atoms with E-state index in [0.29, 0.717) is 19.6 Å². The molecule has 5 nitrogen and oxygen atoms in total. The van der Waals surface area contributed by atoms with Gasteiger partial charge >= 0.3 is 59.1 Å². The second-order valence-corrected chi connectivity index (χ2v) is 8.82. The molecule has 0 spiro atoms. The van der Waals surface area contributed by atoms with Gasteiger partial charge in [0.25, 0.3) is 0 Å². The Hall–Kier alpha value is 1.06. The first-order chi connectivity index (χ1) is 14.1. The summed E-state index contributed by atoms with van der Waals surface area (Å²) in [5, 5.41) is 22.3. The van der Waals surface area contributed by atoms with Crippen LogP contribution >= 0.6 is 0 Å². The van der Waals surface area contributed by atoms with E-state index in [9.17, 15) is 15.0 Å². The monoisotopic (exact) mass is 455 g/mol. The topological polar surface area (TPSA) is 75.5 Å². The maximum atomic E-state index is 11.1. The largest absolute Gasteiger partial charge is 1.00 e. The van der Waals surface area contributed by atoms with Crippen LogP contribution in [0.3, 0.4) is 0 Å². The molecular formula is C24H45N2Na2O3+. The number of carbonyl (C=O) groups is 1. The van der Waals surface area contributed by atoms with Crippen LogP contribution in [-0.4, -0.2) is 49.1 Å². The van der Waals surface area contributed by atoms with Crippen molar-refractivity contribution in [2.75, 3.05) is 32.8 Å². The molecule has 1 aliphatic rings. The average molecular weight is 456 g/mol. The van der Waals surface area contributed by atoms with Crippen molar-refractivity contribution in [3.63, 3.8) is 0 Å². The number of quaternary nitrogens is 1. The van der Waals surface area contributed by atoms with Crippen molar-refractivity contribution >= 4 is 11.8 Å². The van der Waals surface area contributed by atoms with Gasteiger partial charge in [-0.05, 0) is 6.42 Å². The molecule has 0 N–H and O–H groups in total. The van der Waals surface area contributed by atoms with Crippen molar-refractivity contribution in [2.45, 2.75) is 110 Å². The van der Waals surface area contributed by atoms with Crippen LogP contribution in [0.2, 0.25) is 0 Å². The third-order valence-corrected chi connectivity index (χ3v) is 6.32. The molecular weight excluding hydrogens is 410 g/mol. The summed E-state index contributed by atoms with van der Waals surface area (Å²) >= 11 is 0. The van der Waals surface area contributed by atoms with Crippen LogP contribution in [0, 0.1) is 0 Å². The van der Waals surface area contributed by atoms with Gasteiger partial charge in [-0.3, -0.25) is 4.48 Å². The minimum atomic E-state index is -1.08. The summed E-state index contributed by atoms with van der Waals surface area (Å²) in [6.45, 7) is 3.52. The molecule has 1 aliphatic heterocycles. The summed E-state index contributed by atoms with van der Waals surface area (Å²) in [5.41, 5.74) is 0. The van der Waals surface area contributed by atoms with Crippen LogP contribution in [0.25, 0.3) is 0 Å². The van der Waals surface area contributed by atoms with E-state index >= 15 is 0 Å². The average Bonchev–Trinajstić information content (AvgIpc) is 3.06. The molecule has 0 aromatic carbocycles. The molecule has 1 heterocycles. The molecule has 0 aromatic rings. The zero-order chi connectivity index (χ0) is 21.2. The van der Waals surface area contributed by atoms with Gasteiger partial charge in [-0.25, -0.2) is 4.99 Å². The number of carboxylic acids is 1. The van der Waals surface area contributed by atoms with Crippen LogP contribution in [-0.2, 0) is 4.79 Å². The molecule has 31 heavy (non-hydrogen) atoms. The standard InChI is InChI=1S/C24H46N2O3.2Na/c1-2-3-4-5-6-7-8-9-10-11-12-13-14-15-16-17-23-25-18-19-26(23,20-21-27)22-24(28)29;;/h2-22H2,1H3,(H,28,29);;/q;2*+1/p-1. The van der Waals surface area contributed by atoms with Gasteiger partial charge < -0.3 is 15.0 Å². The molecule has 0 saturated carbocycles. The molecule has 7 heteroatoms. The van der Waals surface area contributed by atoms with Crippen LogP contribution < -0.4 is 69.3 Å². The van der Waals surface area contributed by atoms with Crippen LogP contribution in [0.5, 0.6) is 0 Å². The first-order valence-corrected chi connectivity index (χ1v) is 12.3. The third-order valence-electron chi connectivity index (χ3n) is 6.32. The summed E-state index contributed by atoms with van der Waals surface area (Å²) in [4.78, 5) is 15.6. The van der Waals surface area contributed by atoms with Crippen molar-refractivity contribution in [3.8, 4) is 0 Å². The van der Waals surface area contributed by atoms with E-state index in [2.05, 4.69) is 11.9 Å². The van der Waals surface area contributed by atoms with Gasteiger partial charge in [0.1, 0.15) is 13.1 Å². The quantitative estimate of drug-likeness (QED) is 0.117. The zero-order valence-electron chi connectivity index (χ0n) is 21.0. The summed E-state index contributed by atoms with van der Waals surface area (Å²) in [6, 6.07) is 0. The second-order valence-electron chi connectivity index (χ2n) is 8.82. The number of carbonyl (C=O) groups excluding carboxylic acids is 1. The Labute approximate surface area is 236 Å². The van der Waals surface area contributed by atoms with Gasteiger partial charge in [-0.1, -0.05) is 103 Å². The Morgan fingerprint density at radius 2 is 1.29 bits per heavy atom. The minimum Gasteiger partial charge on any atom is -0.850 e. The normalized spacial score (nSPS) is 17.7. The Morgan fingerprint density at radius 3 is 1.71 bits per heavy atom. The fourth-order valence-electron chi connectivity index (χ4n) is 4.53. The summed E-state index contributed by atoms with van der Waals surface area (Å²) < 4.78 is 0.241. The fourth-order valence-corrected chi connectivity index (χ4v) is 4.53. The summed E-state index contributed by atoms with van der Waals surface area (Å²) in [5.74, 6) is -0.163. The number of unbranched alkanes of at least 4 members (excludes halogenated alkanes) is 14. The molecule has 0 saturated heterocycles. The first-order valence-electron chi connectivity index (χ1n) is 12.3. The fraction of sp³-hybridized carbons (Fsp3) is 0.917. The van der Waals surface area contributed by atoms with E-state index in [0.717, 1.165) is 18.7 Å². The van der Waals surface area contributed by atoms with Crippen molar-refractivity contribution in [1.29, 1.82) is 0 Å². The number of aliphatic imine (C=N–C) groups is 1. The van der Waals surface area contributed by atoms with Crippen LogP contribution in [0.1, 0.15) is 110 Å². The van der Waals surface area contributed by atoms with E-state index in [1.165, 1.54) is 89.9 Å². The van der Waals surface area contributed by atoms with Crippen molar-refractivity contribution < 1.29 is 78.6 Å². The van der Waals surface area contributed by atoms with Crippen LogP contribution in [0.4, 0.5) is 0 Å². The summed E-state index contributed by atoms with van der Waals surface area (Å²) in [6.07, 6.45) is 20.8. The molecule has 0 aliphatic carbocycles. The molecule has 170 valence electrons. The van der Waals surface area contributed by atoms with Gasteiger partial charge in [0, 0.05) is 6.42 Å². The number of rotatable bonds is 20. The maximum absolute atomic E-state index is 11.1. The molecule has 1 atom stereocenters. The van der Waals surface area contributed by atoms with E-state index in [4.69, 9.17) is 0 Å². The third kappa shape index (κ3) is 16.3. The molecule has 1 rings (SSSR count). The van der Waals surface area contributed by atoms with Gasteiger partial charge in [0.15, 0.2) is 5.84 Å². The molecule has 0 amide bonds. The molecule has 0 aromatic heterocycles. The first kappa shape index (κ1) is 34.2. The van der Waals surface area contributed by atoms with Crippen molar-refractivity contribution in [3.05, 3.63) is 0 Å². The van der Waals surface area contributed by atoms with E-state index in [1.54, 1.807) is 0 Å². The Balaban J connectivity index is 0. The Morgan fingerprint density at radius 1 is 0.839 bits per heavy atom. The molecule has 1 unspecified atom stereocenters. The number of hydrogen-bond donors (Lipinski definition) is 0. The van der Waals surface area contributed by atoms with Gasteiger partial charge in [-0.2, -0.15) is 0 Å². The van der Waals surface area contributed by atoms with Crippen LogP contribution in [0.15, 0.2) is 4.99 Å². The number of hydrogen-bond acceptors (Lipinski definition) is 4. The Kier molecular flexibility index (Phi) is 25.2. The maximum Gasteiger partial charge on any atom is 1.00 e. The summed E-state index contributed by atoms with van der Waals surface area (Å²) in [7, 11) is 0. The van der Waals surface area contributed by atoms with E-state index in [1.807, 2.05) is 0 Å². The molecule has 0 fully saturated rings. The number of amidine groups is 1. The number of nitrogens with zero attached hydrogens (tertiary/aromatic N) is 2. The van der Waals surface area contributed by atoms with Gasteiger partial charge in [-0.15, -0.1) is 0 Å². The smallest absolute Gasteiger partial charge is 0.850 e. The predicted octanol–water partition coefficient (Wildman–Crippen LogP) is -2.40. The number of aliphatic carboxylic acids is 1. The zero-order valence-corrected chi connectivity index (χ0v) is 25.0. The predicted molar refractivity (Wildman–Crippen MR) is 117 cm³/mol. The molecule has 0 bridgehead atoms. The molecule has 0 radical (unpaired) electrons. The van der Waals surface area contributed by atoms with Crippen molar-refractivity contribution in [1.82, 2.24) is 0 Å². The SMILES string of the molecule is CCCCCCCCCCCCCCCCCC1=NCC[N+]1(CC[O-])CC(=O)[O-].[Na+].[Na+]. The van der Waals surface area contributed by atoms with Gasteiger partial charge in [0.05, 0.1) is 19.1 Å².